The van der Waals surface area contributed by atoms with Gasteiger partial charge in [-0.1, -0.05) is 0 Å². The largest absolute Gasteiger partial charge is 0.358 e. The van der Waals surface area contributed by atoms with Crippen LogP contribution in [0.5, 0.6) is 0 Å². The third-order valence-corrected chi connectivity index (χ3v) is 0.167. The third kappa shape index (κ3) is 149. The molecule has 0 heterocycles. The van der Waals surface area contributed by atoms with Crippen LogP contribution in [0.4, 0.5) is 0 Å². The van der Waals surface area contributed by atoms with Gasteiger partial charge >= 0.3 is 0 Å². The van der Waals surface area contributed by atoms with E-state index in [1.165, 1.54) is 0 Å². The summed E-state index contributed by atoms with van der Waals surface area (Å²) in [6.07, 6.45) is 0. The summed E-state index contributed by atoms with van der Waals surface area (Å²) in [6, 6.07) is 0. The van der Waals surface area contributed by atoms with Gasteiger partial charge in [0.1, 0.15) is 0 Å². The summed E-state index contributed by atoms with van der Waals surface area (Å²) in [4.78, 5) is 0. The van der Waals surface area contributed by atoms with Crippen molar-refractivity contribution in [2.24, 2.45) is 11.5 Å². The molecule has 0 aliphatic carbocycles. The van der Waals surface area contributed by atoms with Crippen molar-refractivity contribution in [2.45, 2.75) is 0 Å². The molecule has 0 aromatic rings. The number of hydrogen-bond acceptors (Lipinski definition) is 2. The zero-order chi connectivity index (χ0) is 3.41. The van der Waals surface area contributed by atoms with Gasteiger partial charge in [-0.15, -0.1) is 0 Å². The molecule has 2 nitrogen and oxygen atoms in total. The Morgan fingerprint density at radius 1 is 0.667 bits per heavy atom. The monoisotopic (exact) mass is 226 g/mol. The van der Waals surface area contributed by atoms with Crippen LogP contribution in [0, 0.1) is 29.7 Å². The maximum atomic E-state index is 4.90. The minimum Gasteiger partial charge on any atom is -0.358 e. The van der Waals surface area contributed by atoms with Crippen molar-refractivity contribution < 1.29 is 20.4 Å². The SMILES string of the molecule is NCCN.[CH3-].[CH3-].[CH3-].[CH3-].[Pd]. The van der Waals surface area contributed by atoms with Gasteiger partial charge in [-0.25, -0.2) is 0 Å². The van der Waals surface area contributed by atoms with E-state index in [9.17, 15) is 0 Å². The smallest absolute Gasteiger partial charge is 0.00461 e. The first-order chi connectivity index (χ1) is 1.91. The van der Waals surface area contributed by atoms with Gasteiger partial charge in [0.2, 0.25) is 0 Å². The summed E-state index contributed by atoms with van der Waals surface area (Å²) < 4.78 is 0. The maximum absolute atomic E-state index is 4.90. The van der Waals surface area contributed by atoms with Crippen molar-refractivity contribution in [1.82, 2.24) is 0 Å². The third-order valence-electron chi connectivity index (χ3n) is 0.167. The molecular weight excluding hydrogens is 206 g/mol. The van der Waals surface area contributed by atoms with Gasteiger partial charge in [0, 0.05) is 33.5 Å². The number of hydrogen-bond donors (Lipinski definition) is 2. The van der Waals surface area contributed by atoms with Crippen molar-refractivity contribution in [1.29, 1.82) is 0 Å². The fourth-order valence-corrected chi connectivity index (χ4v) is 0. The van der Waals surface area contributed by atoms with E-state index in [-0.39, 0.29) is 50.1 Å². The molecule has 0 atom stereocenters. The summed E-state index contributed by atoms with van der Waals surface area (Å²) in [5.74, 6) is 0. The molecule has 9 heavy (non-hydrogen) atoms. The summed E-state index contributed by atoms with van der Waals surface area (Å²) in [5, 5.41) is 0. The molecule has 0 unspecified atom stereocenters. The van der Waals surface area contributed by atoms with Gasteiger partial charge in [-0.05, 0) is 0 Å². The first kappa shape index (κ1) is 55.0. The zero-order valence-corrected chi connectivity index (χ0v) is 8.44. The maximum Gasteiger partial charge on any atom is 0.00461 e. The Morgan fingerprint density at radius 2 is 0.778 bits per heavy atom. The van der Waals surface area contributed by atoms with Crippen LogP contribution in [0.1, 0.15) is 0 Å². The van der Waals surface area contributed by atoms with Crippen LogP contribution in [-0.4, -0.2) is 13.1 Å². The second-order valence-electron chi connectivity index (χ2n) is 0.577. The van der Waals surface area contributed by atoms with Crippen molar-refractivity contribution in [2.75, 3.05) is 13.1 Å². The summed E-state index contributed by atoms with van der Waals surface area (Å²) in [7, 11) is 0. The standard InChI is InChI=1S/C2H8N2.4CH3.Pd/c3-1-2-4;;;;;/h1-4H2;4*1H3;/q;4*-1;. The van der Waals surface area contributed by atoms with Crippen LogP contribution < -0.4 is 11.5 Å². The molecule has 0 amide bonds. The van der Waals surface area contributed by atoms with Crippen LogP contribution >= 0.6 is 0 Å². The minimum absolute atomic E-state index is 0. The van der Waals surface area contributed by atoms with E-state index in [4.69, 9.17) is 11.5 Å². The van der Waals surface area contributed by atoms with Gasteiger partial charge in [-0.3, -0.25) is 0 Å². The molecule has 0 fully saturated rings. The number of rotatable bonds is 1. The number of nitrogens with two attached hydrogens (primary N) is 2. The molecule has 68 valence electrons. The van der Waals surface area contributed by atoms with E-state index < -0.39 is 0 Å². The zero-order valence-electron chi connectivity index (χ0n) is 6.89. The molecule has 0 aliphatic rings. The molecular formula is C6H20N2Pd-4. The molecule has 0 radical (unpaired) electrons. The van der Waals surface area contributed by atoms with Gasteiger partial charge in [-0.2, -0.15) is 0 Å². The second-order valence-corrected chi connectivity index (χ2v) is 0.577. The Hall–Kier alpha value is 0.582. The van der Waals surface area contributed by atoms with Gasteiger partial charge in [0.25, 0.3) is 0 Å². The fraction of sp³-hybridized carbons (Fsp3) is 0.333. The van der Waals surface area contributed by atoms with Gasteiger partial charge in [0.15, 0.2) is 0 Å². The summed E-state index contributed by atoms with van der Waals surface area (Å²) >= 11 is 0. The molecule has 0 spiro atoms. The van der Waals surface area contributed by atoms with Crippen molar-refractivity contribution >= 4 is 0 Å². The fourth-order valence-electron chi connectivity index (χ4n) is 0. The molecule has 0 aromatic carbocycles. The van der Waals surface area contributed by atoms with Gasteiger partial charge < -0.3 is 41.2 Å². The Balaban J connectivity index is -0.00000000450. The Labute approximate surface area is 75.0 Å². The molecule has 0 aromatic heterocycles. The molecule has 4 N–H and O–H groups in total. The Bertz CT molecular complexity index is 13.0. The van der Waals surface area contributed by atoms with Crippen LogP contribution in [0.25, 0.3) is 0 Å². The van der Waals surface area contributed by atoms with E-state index in [2.05, 4.69) is 0 Å². The second kappa shape index (κ2) is 74.0. The van der Waals surface area contributed by atoms with Crippen LogP contribution in [-0.2, 0) is 20.4 Å². The predicted molar refractivity (Wildman–Crippen MR) is 43.8 cm³/mol. The Kier molecular flexibility index (Phi) is 452. The summed E-state index contributed by atoms with van der Waals surface area (Å²) in [5.41, 5.74) is 9.81. The van der Waals surface area contributed by atoms with E-state index in [1.54, 1.807) is 0 Å². The quantitative estimate of drug-likeness (QED) is 0.511. The molecule has 0 saturated heterocycles. The van der Waals surface area contributed by atoms with Gasteiger partial charge in [0.05, 0.1) is 0 Å². The Morgan fingerprint density at radius 3 is 0.778 bits per heavy atom. The minimum atomic E-state index is 0. The van der Waals surface area contributed by atoms with E-state index in [0.717, 1.165) is 0 Å². The first-order valence-electron chi connectivity index (χ1n) is 1.32. The molecule has 3 heteroatoms. The normalized spacial score (nSPS) is 3.33. The molecule has 0 bridgehead atoms. The average Bonchev–Trinajstić information content (AvgIpc) is 1.37. The first-order valence-corrected chi connectivity index (χ1v) is 1.32. The molecule has 0 saturated carbocycles. The van der Waals surface area contributed by atoms with E-state index >= 15 is 0 Å². The van der Waals surface area contributed by atoms with Crippen LogP contribution in [0.15, 0.2) is 0 Å². The van der Waals surface area contributed by atoms with Crippen LogP contribution in [0.2, 0.25) is 0 Å². The topological polar surface area (TPSA) is 52.0 Å². The van der Waals surface area contributed by atoms with Crippen LogP contribution in [0.3, 0.4) is 0 Å². The summed E-state index contributed by atoms with van der Waals surface area (Å²) in [6.45, 7) is 1.19. The van der Waals surface area contributed by atoms with E-state index in [0.29, 0.717) is 13.1 Å². The van der Waals surface area contributed by atoms with Crippen molar-refractivity contribution in [3.8, 4) is 0 Å². The predicted octanol–water partition coefficient (Wildman–Crippen LogP) is 0.702. The average molecular weight is 227 g/mol. The molecule has 0 aliphatic heterocycles. The van der Waals surface area contributed by atoms with Crippen molar-refractivity contribution in [3.05, 3.63) is 29.7 Å². The van der Waals surface area contributed by atoms with E-state index in [1.807, 2.05) is 0 Å². The molecule has 0 rings (SSSR count). The van der Waals surface area contributed by atoms with Crippen molar-refractivity contribution in [3.63, 3.8) is 0 Å².